The topological polar surface area (TPSA) is 47.4 Å². The zero-order chi connectivity index (χ0) is 19.5. The number of benzene rings is 2. The summed E-state index contributed by atoms with van der Waals surface area (Å²) >= 11 is 0. The second-order valence-electron chi connectivity index (χ2n) is 7.07. The smallest absolute Gasteiger partial charge is 0.225 e. The van der Waals surface area contributed by atoms with Crippen molar-refractivity contribution in [2.24, 2.45) is 0 Å². The van der Waals surface area contributed by atoms with E-state index in [1.807, 2.05) is 46.9 Å². The molecule has 1 aliphatic heterocycles. The van der Waals surface area contributed by atoms with Crippen molar-refractivity contribution in [3.05, 3.63) is 72.6 Å². The first-order valence-electron chi connectivity index (χ1n) is 9.37. The average molecular weight is 379 g/mol. The van der Waals surface area contributed by atoms with Crippen LogP contribution >= 0.6 is 0 Å². The van der Waals surface area contributed by atoms with Crippen LogP contribution in [-0.4, -0.2) is 33.0 Å². The summed E-state index contributed by atoms with van der Waals surface area (Å²) in [5.74, 6) is 0.583. The van der Waals surface area contributed by atoms with Crippen LogP contribution in [0.3, 0.4) is 0 Å². The van der Waals surface area contributed by atoms with Crippen molar-refractivity contribution in [2.75, 3.05) is 6.61 Å². The number of rotatable bonds is 4. The van der Waals surface area contributed by atoms with Crippen molar-refractivity contribution in [2.45, 2.75) is 32.5 Å². The third-order valence-corrected chi connectivity index (χ3v) is 5.03. The van der Waals surface area contributed by atoms with Crippen LogP contribution in [-0.2, 0) is 17.9 Å². The molecule has 1 atom stereocenters. The molecule has 28 heavy (non-hydrogen) atoms. The van der Waals surface area contributed by atoms with Gasteiger partial charge in [0.15, 0.2) is 0 Å². The molecule has 1 aliphatic rings. The number of amides is 1. The van der Waals surface area contributed by atoms with E-state index in [1.54, 1.807) is 18.6 Å². The largest absolute Gasteiger partial charge is 0.491 e. The van der Waals surface area contributed by atoms with Gasteiger partial charge in [0, 0.05) is 37.5 Å². The Balaban J connectivity index is 1.55. The lowest BCUT2D eigenvalue weighted by molar-refractivity contribution is -0.134. The number of hydrogen-bond donors (Lipinski definition) is 0. The summed E-state index contributed by atoms with van der Waals surface area (Å²) in [4.78, 5) is 18.7. The summed E-state index contributed by atoms with van der Waals surface area (Å²) < 4.78 is 21.4. The highest BCUT2D eigenvalue weighted by Crippen LogP contribution is 2.31. The van der Waals surface area contributed by atoms with E-state index in [0.717, 1.165) is 22.4 Å². The average Bonchev–Trinajstić information content (AvgIpc) is 3.16. The van der Waals surface area contributed by atoms with Crippen molar-refractivity contribution >= 4 is 5.91 Å². The molecule has 6 heteroatoms. The van der Waals surface area contributed by atoms with Crippen LogP contribution in [0.2, 0.25) is 0 Å². The highest BCUT2D eigenvalue weighted by atomic mass is 19.1. The number of nitrogens with zero attached hydrogens (tertiary/aromatic N) is 3. The van der Waals surface area contributed by atoms with Crippen LogP contribution in [0, 0.1) is 5.82 Å². The summed E-state index contributed by atoms with van der Waals surface area (Å²) in [6, 6.07) is 12.3. The molecule has 0 saturated carbocycles. The number of aryl methyl sites for hydroxylation is 1. The second-order valence-corrected chi connectivity index (χ2v) is 7.07. The number of aromatic nitrogens is 2. The molecular formula is C22H22FN3O2. The highest BCUT2D eigenvalue weighted by molar-refractivity contribution is 5.77. The van der Waals surface area contributed by atoms with E-state index in [0.29, 0.717) is 26.1 Å². The van der Waals surface area contributed by atoms with Gasteiger partial charge < -0.3 is 14.2 Å². The fourth-order valence-corrected chi connectivity index (χ4v) is 3.45. The maximum Gasteiger partial charge on any atom is 0.225 e. The van der Waals surface area contributed by atoms with Gasteiger partial charge >= 0.3 is 0 Å². The quantitative estimate of drug-likeness (QED) is 0.691. The first-order chi connectivity index (χ1) is 13.6. The zero-order valence-electron chi connectivity index (χ0n) is 15.7. The lowest BCUT2D eigenvalue weighted by Gasteiger charge is -2.26. The van der Waals surface area contributed by atoms with E-state index in [4.69, 9.17) is 4.74 Å². The molecule has 2 heterocycles. The Labute approximate surface area is 163 Å². The van der Waals surface area contributed by atoms with E-state index in [2.05, 4.69) is 4.98 Å². The Morgan fingerprint density at radius 2 is 2.11 bits per heavy atom. The predicted molar refractivity (Wildman–Crippen MR) is 104 cm³/mol. The predicted octanol–water partition coefficient (Wildman–Crippen LogP) is 3.89. The van der Waals surface area contributed by atoms with Crippen LogP contribution in [0.1, 0.15) is 18.9 Å². The third-order valence-electron chi connectivity index (χ3n) is 5.03. The first-order valence-corrected chi connectivity index (χ1v) is 9.37. The molecule has 0 aliphatic carbocycles. The van der Waals surface area contributed by atoms with Crippen LogP contribution in [0.4, 0.5) is 4.39 Å². The molecule has 1 amide bonds. The minimum Gasteiger partial charge on any atom is -0.491 e. The minimum atomic E-state index is -0.270. The normalized spacial score (nSPS) is 16.2. The minimum absolute atomic E-state index is 0.0275. The molecule has 0 N–H and O–H groups in total. The Kier molecular flexibility index (Phi) is 5.10. The second kappa shape index (κ2) is 7.84. The van der Waals surface area contributed by atoms with Gasteiger partial charge in [-0.05, 0) is 42.3 Å². The van der Waals surface area contributed by atoms with Crippen molar-refractivity contribution < 1.29 is 13.9 Å². The molecule has 0 bridgehead atoms. The molecule has 4 rings (SSSR count). The van der Waals surface area contributed by atoms with E-state index >= 15 is 0 Å². The monoisotopic (exact) mass is 379 g/mol. The Hall–Kier alpha value is -3.15. The van der Waals surface area contributed by atoms with Crippen molar-refractivity contribution in [1.29, 1.82) is 0 Å². The van der Waals surface area contributed by atoms with Gasteiger partial charge in [0.25, 0.3) is 0 Å². The number of carbonyl (C=O) groups is 1. The lowest BCUT2D eigenvalue weighted by Crippen LogP contribution is -2.40. The van der Waals surface area contributed by atoms with E-state index in [1.165, 1.54) is 12.1 Å². The highest BCUT2D eigenvalue weighted by Gasteiger charge is 2.25. The molecule has 5 nitrogen and oxygen atoms in total. The molecule has 144 valence electrons. The SMILES string of the molecule is C[C@H]1COc2ccc(-c3cccc(F)c3)cc2CN1C(=O)CCn1ccnc1. The lowest BCUT2D eigenvalue weighted by atomic mass is 10.0. The molecule has 0 spiro atoms. The van der Waals surface area contributed by atoms with Gasteiger partial charge in [-0.1, -0.05) is 18.2 Å². The van der Waals surface area contributed by atoms with Crippen molar-refractivity contribution in [3.8, 4) is 16.9 Å². The number of ether oxygens (including phenoxy) is 1. The van der Waals surface area contributed by atoms with Gasteiger partial charge in [0.05, 0.1) is 12.4 Å². The van der Waals surface area contributed by atoms with Crippen LogP contribution in [0.5, 0.6) is 5.75 Å². The van der Waals surface area contributed by atoms with E-state index in [9.17, 15) is 9.18 Å². The maximum absolute atomic E-state index is 13.6. The number of carbonyl (C=O) groups excluding carboxylic acids is 1. The van der Waals surface area contributed by atoms with Gasteiger partial charge in [0.1, 0.15) is 18.2 Å². The molecule has 0 radical (unpaired) electrons. The van der Waals surface area contributed by atoms with Gasteiger partial charge in [-0.25, -0.2) is 9.37 Å². The van der Waals surface area contributed by atoms with Gasteiger partial charge in [-0.15, -0.1) is 0 Å². The van der Waals surface area contributed by atoms with Gasteiger partial charge in [-0.3, -0.25) is 4.79 Å². The molecule has 3 aromatic rings. The summed E-state index contributed by atoms with van der Waals surface area (Å²) in [5.41, 5.74) is 2.64. The van der Waals surface area contributed by atoms with Crippen molar-refractivity contribution in [3.63, 3.8) is 0 Å². The standard InChI is InChI=1S/C22H22FN3O2/c1-16-14-28-21-6-5-18(17-3-2-4-20(23)12-17)11-19(21)13-26(16)22(27)7-9-25-10-8-24-15-25/h2-6,8,10-12,15-16H,7,9,13-14H2,1H3/t16-/m0/s1. The van der Waals surface area contributed by atoms with Crippen LogP contribution < -0.4 is 4.74 Å². The van der Waals surface area contributed by atoms with Gasteiger partial charge in [0.2, 0.25) is 5.91 Å². The Morgan fingerprint density at radius 1 is 1.25 bits per heavy atom. The fraction of sp³-hybridized carbons (Fsp3) is 0.273. The summed E-state index contributed by atoms with van der Waals surface area (Å²) in [7, 11) is 0. The zero-order valence-corrected chi connectivity index (χ0v) is 15.7. The summed E-state index contributed by atoms with van der Waals surface area (Å²) in [5, 5.41) is 0. The number of imidazole rings is 1. The molecule has 1 aromatic heterocycles. The Morgan fingerprint density at radius 3 is 2.89 bits per heavy atom. The molecule has 0 fully saturated rings. The molecule has 0 unspecified atom stereocenters. The number of fused-ring (bicyclic) bond motifs is 1. The fourth-order valence-electron chi connectivity index (χ4n) is 3.45. The third kappa shape index (κ3) is 3.91. The molecule has 0 saturated heterocycles. The van der Waals surface area contributed by atoms with Gasteiger partial charge in [-0.2, -0.15) is 0 Å². The van der Waals surface area contributed by atoms with Crippen molar-refractivity contribution in [1.82, 2.24) is 14.5 Å². The molecule has 2 aromatic carbocycles. The summed E-state index contributed by atoms with van der Waals surface area (Å²) in [6.45, 7) is 3.51. The van der Waals surface area contributed by atoms with E-state index < -0.39 is 0 Å². The molecular weight excluding hydrogens is 357 g/mol. The number of halogens is 1. The Bertz CT molecular complexity index is 972. The maximum atomic E-state index is 13.6. The van der Waals surface area contributed by atoms with Crippen LogP contribution in [0.25, 0.3) is 11.1 Å². The van der Waals surface area contributed by atoms with Crippen LogP contribution in [0.15, 0.2) is 61.2 Å². The first kappa shape index (κ1) is 18.2. The van der Waals surface area contributed by atoms with E-state index in [-0.39, 0.29) is 17.8 Å². The summed E-state index contributed by atoms with van der Waals surface area (Å²) in [6.07, 6.45) is 5.67. The number of hydrogen-bond acceptors (Lipinski definition) is 3.